The molecule has 24 heavy (non-hydrogen) atoms. The average Bonchev–Trinajstić information content (AvgIpc) is 2.60. The van der Waals surface area contributed by atoms with Crippen molar-refractivity contribution in [1.82, 2.24) is 5.32 Å². The molecule has 0 amide bonds. The fourth-order valence-electron chi connectivity index (χ4n) is 2.28. The summed E-state index contributed by atoms with van der Waals surface area (Å²) in [6, 6.07) is 15.3. The first-order valence-corrected chi connectivity index (χ1v) is 8.45. The molecule has 0 saturated heterocycles. The van der Waals surface area contributed by atoms with E-state index in [2.05, 4.69) is 5.32 Å². The maximum atomic E-state index is 10.0. The van der Waals surface area contributed by atoms with Gasteiger partial charge in [-0.3, -0.25) is 0 Å². The summed E-state index contributed by atoms with van der Waals surface area (Å²) in [5, 5.41) is 13.8. The van der Waals surface area contributed by atoms with Gasteiger partial charge in [0.2, 0.25) is 0 Å². The van der Waals surface area contributed by atoms with E-state index in [1.165, 1.54) is 0 Å². The summed E-state index contributed by atoms with van der Waals surface area (Å²) in [6.45, 7) is 4.65. The van der Waals surface area contributed by atoms with E-state index in [0.29, 0.717) is 43.7 Å². The van der Waals surface area contributed by atoms with Crippen molar-refractivity contribution in [2.75, 3.05) is 32.9 Å². The second-order valence-electron chi connectivity index (χ2n) is 5.48. The summed E-state index contributed by atoms with van der Waals surface area (Å²) in [4.78, 5) is 0. The highest BCUT2D eigenvalue weighted by atomic mass is 35.5. The quantitative estimate of drug-likeness (QED) is 0.646. The van der Waals surface area contributed by atoms with E-state index in [4.69, 9.17) is 21.1 Å². The highest BCUT2D eigenvalue weighted by Crippen LogP contribution is 2.27. The molecule has 0 radical (unpaired) electrons. The highest BCUT2D eigenvalue weighted by molar-refractivity contribution is 6.32. The van der Waals surface area contributed by atoms with E-state index in [1.54, 1.807) is 0 Å². The van der Waals surface area contributed by atoms with Crippen LogP contribution in [0.5, 0.6) is 5.75 Å². The lowest BCUT2D eigenvalue weighted by Gasteiger charge is -2.13. The number of nitrogens with one attached hydrogen (secondary N) is 1. The van der Waals surface area contributed by atoms with E-state index >= 15 is 0 Å². The Bertz CT molecular complexity index is 587. The number of halogens is 1. The number of aliphatic hydroxyl groups is 1. The Labute approximate surface area is 148 Å². The Balaban J connectivity index is 1.53. The van der Waals surface area contributed by atoms with Gasteiger partial charge < -0.3 is 19.9 Å². The molecular formula is C19H24ClNO3. The van der Waals surface area contributed by atoms with Crippen molar-refractivity contribution in [3.63, 3.8) is 0 Å². The number of hydrogen-bond acceptors (Lipinski definition) is 4. The van der Waals surface area contributed by atoms with Crippen LogP contribution in [0, 0.1) is 6.92 Å². The number of rotatable bonds is 10. The average molecular weight is 350 g/mol. The molecule has 130 valence electrons. The molecule has 2 aromatic carbocycles. The van der Waals surface area contributed by atoms with E-state index in [-0.39, 0.29) is 0 Å². The molecule has 0 aliphatic heterocycles. The zero-order valence-corrected chi connectivity index (χ0v) is 14.6. The van der Waals surface area contributed by atoms with Crippen LogP contribution in [0.3, 0.4) is 0 Å². The molecule has 0 aromatic heterocycles. The molecule has 0 bridgehead atoms. The number of para-hydroxylation sites is 1. The van der Waals surface area contributed by atoms with Gasteiger partial charge in [-0.1, -0.05) is 54.1 Å². The molecule has 0 spiro atoms. The summed E-state index contributed by atoms with van der Waals surface area (Å²) in [6.07, 6.45) is -0.502. The third-order valence-corrected chi connectivity index (χ3v) is 3.88. The highest BCUT2D eigenvalue weighted by Gasteiger charge is 2.06. The summed E-state index contributed by atoms with van der Waals surface area (Å²) < 4.78 is 11.2. The topological polar surface area (TPSA) is 50.7 Å². The Morgan fingerprint density at radius 2 is 1.83 bits per heavy atom. The molecular weight excluding hydrogens is 326 g/mol. The van der Waals surface area contributed by atoms with Crippen molar-refractivity contribution in [3.8, 4) is 5.75 Å². The Morgan fingerprint density at radius 1 is 1.04 bits per heavy atom. The first-order valence-electron chi connectivity index (χ1n) is 8.08. The van der Waals surface area contributed by atoms with Gasteiger partial charge in [0, 0.05) is 13.1 Å². The van der Waals surface area contributed by atoms with Gasteiger partial charge in [0.25, 0.3) is 0 Å². The van der Waals surface area contributed by atoms with Crippen LogP contribution >= 0.6 is 11.6 Å². The van der Waals surface area contributed by atoms with Crippen LogP contribution < -0.4 is 10.1 Å². The minimum atomic E-state index is -0.502. The third-order valence-electron chi connectivity index (χ3n) is 3.58. The van der Waals surface area contributed by atoms with Crippen LogP contribution in [0.4, 0.5) is 0 Å². The van der Waals surface area contributed by atoms with Gasteiger partial charge in [0.05, 0.1) is 24.3 Å². The lowest BCUT2D eigenvalue weighted by molar-refractivity contribution is 0.0981. The summed E-state index contributed by atoms with van der Waals surface area (Å²) >= 11 is 6.09. The van der Waals surface area contributed by atoms with Gasteiger partial charge >= 0.3 is 0 Å². The smallest absolute Gasteiger partial charge is 0.140 e. The Morgan fingerprint density at radius 3 is 2.58 bits per heavy atom. The Kier molecular flexibility index (Phi) is 8.05. The summed E-state index contributed by atoms with van der Waals surface area (Å²) in [7, 11) is 0. The molecule has 1 atom stereocenters. The standard InChI is InChI=1S/C19H24ClNO3/c1-15-6-5-9-17(20)19(15)24-13-12-23-11-10-21-14-18(22)16-7-3-2-4-8-16/h2-9,18,21-22H,10-14H2,1H3/t18-/m0/s1. The van der Waals surface area contributed by atoms with Crippen molar-refractivity contribution in [2.45, 2.75) is 13.0 Å². The molecule has 0 aliphatic rings. The van der Waals surface area contributed by atoms with Crippen molar-refractivity contribution < 1.29 is 14.6 Å². The van der Waals surface area contributed by atoms with Crippen LogP contribution in [0.15, 0.2) is 48.5 Å². The fourth-order valence-corrected chi connectivity index (χ4v) is 2.56. The normalized spacial score (nSPS) is 12.1. The maximum absolute atomic E-state index is 10.0. The molecule has 0 heterocycles. The molecule has 0 saturated carbocycles. The number of ether oxygens (including phenoxy) is 2. The molecule has 0 aliphatic carbocycles. The van der Waals surface area contributed by atoms with Crippen LogP contribution in [-0.4, -0.2) is 38.0 Å². The molecule has 0 fully saturated rings. The molecule has 2 aromatic rings. The maximum Gasteiger partial charge on any atom is 0.140 e. The summed E-state index contributed by atoms with van der Waals surface area (Å²) in [5.74, 6) is 0.715. The number of aliphatic hydroxyl groups excluding tert-OH is 1. The van der Waals surface area contributed by atoms with Gasteiger partial charge in [-0.15, -0.1) is 0 Å². The zero-order chi connectivity index (χ0) is 17.2. The monoisotopic (exact) mass is 349 g/mol. The van der Waals surface area contributed by atoms with Crippen LogP contribution in [-0.2, 0) is 4.74 Å². The second-order valence-corrected chi connectivity index (χ2v) is 5.88. The van der Waals surface area contributed by atoms with Gasteiger partial charge in [0.1, 0.15) is 12.4 Å². The van der Waals surface area contributed by atoms with E-state index < -0.39 is 6.10 Å². The third kappa shape index (κ3) is 6.13. The first kappa shape index (κ1) is 18.7. The SMILES string of the molecule is Cc1cccc(Cl)c1OCCOCCNC[C@H](O)c1ccccc1. The summed E-state index contributed by atoms with van der Waals surface area (Å²) in [5.41, 5.74) is 1.92. The van der Waals surface area contributed by atoms with Crippen molar-refractivity contribution in [3.05, 3.63) is 64.7 Å². The lowest BCUT2D eigenvalue weighted by atomic mass is 10.1. The number of benzene rings is 2. The van der Waals surface area contributed by atoms with E-state index in [9.17, 15) is 5.11 Å². The molecule has 2 N–H and O–H groups in total. The minimum absolute atomic E-state index is 0.456. The van der Waals surface area contributed by atoms with E-state index in [0.717, 1.165) is 11.1 Å². The van der Waals surface area contributed by atoms with Crippen molar-refractivity contribution >= 4 is 11.6 Å². The van der Waals surface area contributed by atoms with Crippen LogP contribution in [0.1, 0.15) is 17.2 Å². The zero-order valence-electron chi connectivity index (χ0n) is 13.9. The lowest BCUT2D eigenvalue weighted by Crippen LogP contribution is -2.25. The molecule has 5 heteroatoms. The predicted octanol–water partition coefficient (Wildman–Crippen LogP) is 3.37. The largest absolute Gasteiger partial charge is 0.489 e. The van der Waals surface area contributed by atoms with Gasteiger partial charge in [0.15, 0.2) is 0 Å². The van der Waals surface area contributed by atoms with Crippen molar-refractivity contribution in [1.29, 1.82) is 0 Å². The molecule has 0 unspecified atom stereocenters. The fraction of sp³-hybridized carbons (Fsp3) is 0.368. The first-order chi connectivity index (χ1) is 11.7. The number of aryl methyl sites for hydroxylation is 1. The predicted molar refractivity (Wildman–Crippen MR) is 96.8 cm³/mol. The minimum Gasteiger partial charge on any atom is -0.489 e. The van der Waals surface area contributed by atoms with Gasteiger partial charge in [-0.05, 0) is 24.1 Å². The van der Waals surface area contributed by atoms with Gasteiger partial charge in [-0.25, -0.2) is 0 Å². The van der Waals surface area contributed by atoms with Crippen molar-refractivity contribution in [2.24, 2.45) is 0 Å². The second kappa shape index (κ2) is 10.3. The molecule has 2 rings (SSSR count). The molecule has 4 nitrogen and oxygen atoms in total. The van der Waals surface area contributed by atoms with Crippen LogP contribution in [0.2, 0.25) is 5.02 Å². The van der Waals surface area contributed by atoms with Gasteiger partial charge in [-0.2, -0.15) is 0 Å². The van der Waals surface area contributed by atoms with Crippen LogP contribution in [0.25, 0.3) is 0 Å². The van der Waals surface area contributed by atoms with E-state index in [1.807, 2.05) is 55.5 Å². The Hall–Kier alpha value is -1.59. The number of hydrogen-bond donors (Lipinski definition) is 2.